The number of nitrogens with zero attached hydrogens (tertiary/aromatic N) is 3. The minimum atomic E-state index is -0.983. The number of likely N-dealkylation sites (tertiary alicyclic amines) is 1. The number of carbonyl (C=O) groups is 2. The van der Waals surface area contributed by atoms with E-state index in [1.165, 1.54) is 0 Å². The van der Waals surface area contributed by atoms with Gasteiger partial charge in [0.25, 0.3) is 0 Å². The van der Waals surface area contributed by atoms with E-state index < -0.39 is 5.97 Å². The third-order valence-corrected chi connectivity index (χ3v) is 4.99. The number of aromatic carboxylic acids is 1. The molecule has 1 fully saturated rings. The number of aromatic nitrogens is 2. The fourth-order valence-corrected chi connectivity index (χ4v) is 3.78. The second kappa shape index (κ2) is 6.63. The average Bonchev–Trinajstić information content (AvgIpc) is 3.28. The van der Waals surface area contributed by atoms with Crippen molar-refractivity contribution in [3.8, 4) is 0 Å². The van der Waals surface area contributed by atoms with Gasteiger partial charge in [-0.25, -0.2) is 4.79 Å². The van der Waals surface area contributed by atoms with Crippen molar-refractivity contribution in [2.75, 3.05) is 6.54 Å². The molecule has 3 heterocycles. The zero-order valence-electron chi connectivity index (χ0n) is 14.2. The van der Waals surface area contributed by atoms with Crippen molar-refractivity contribution in [3.63, 3.8) is 0 Å². The van der Waals surface area contributed by atoms with E-state index in [9.17, 15) is 14.7 Å². The van der Waals surface area contributed by atoms with Crippen LogP contribution in [0.4, 0.5) is 0 Å². The lowest BCUT2D eigenvalue weighted by molar-refractivity contribution is -0.132. The van der Waals surface area contributed by atoms with Gasteiger partial charge in [-0.1, -0.05) is 18.2 Å². The summed E-state index contributed by atoms with van der Waals surface area (Å²) in [6.45, 7) is 0.853. The Morgan fingerprint density at radius 1 is 1.15 bits per heavy atom. The number of benzene rings is 1. The minimum absolute atomic E-state index is 0.00186. The maximum Gasteiger partial charge on any atom is 0.337 e. The van der Waals surface area contributed by atoms with Crippen LogP contribution in [0.2, 0.25) is 0 Å². The van der Waals surface area contributed by atoms with Crippen LogP contribution >= 0.6 is 0 Å². The molecule has 3 aromatic rings. The van der Waals surface area contributed by atoms with Gasteiger partial charge in [-0.3, -0.25) is 9.78 Å². The number of amides is 1. The second-order valence-electron chi connectivity index (χ2n) is 6.52. The summed E-state index contributed by atoms with van der Waals surface area (Å²) < 4.78 is 1.74. The van der Waals surface area contributed by atoms with E-state index in [1.54, 1.807) is 35.3 Å². The molecule has 1 amide bonds. The molecule has 0 saturated carbocycles. The molecule has 6 nitrogen and oxygen atoms in total. The van der Waals surface area contributed by atoms with Crippen LogP contribution in [0.1, 0.15) is 34.8 Å². The summed E-state index contributed by atoms with van der Waals surface area (Å²) in [7, 11) is 0. The van der Waals surface area contributed by atoms with E-state index >= 15 is 0 Å². The number of hydrogen-bond acceptors (Lipinski definition) is 3. The van der Waals surface area contributed by atoms with Gasteiger partial charge in [0.15, 0.2) is 0 Å². The Morgan fingerprint density at radius 3 is 2.69 bits per heavy atom. The van der Waals surface area contributed by atoms with Gasteiger partial charge in [-0.15, -0.1) is 0 Å². The highest BCUT2D eigenvalue weighted by atomic mass is 16.4. The monoisotopic (exact) mass is 349 g/mol. The van der Waals surface area contributed by atoms with Gasteiger partial charge in [0.05, 0.1) is 11.6 Å². The van der Waals surface area contributed by atoms with Crippen molar-refractivity contribution in [2.45, 2.75) is 25.4 Å². The molecule has 1 unspecified atom stereocenters. The van der Waals surface area contributed by atoms with E-state index in [4.69, 9.17) is 0 Å². The van der Waals surface area contributed by atoms with E-state index in [1.807, 2.05) is 29.2 Å². The molecule has 1 aliphatic rings. The number of pyridine rings is 1. The number of carboxylic acid groups (broad SMARTS) is 1. The lowest BCUT2D eigenvalue weighted by Crippen LogP contribution is -2.33. The Labute approximate surface area is 150 Å². The molecule has 6 heteroatoms. The Morgan fingerprint density at radius 2 is 1.92 bits per heavy atom. The van der Waals surface area contributed by atoms with Crippen LogP contribution in [0, 0.1) is 0 Å². The van der Waals surface area contributed by atoms with Crippen LogP contribution in [0.5, 0.6) is 0 Å². The number of rotatable bonds is 4. The summed E-state index contributed by atoms with van der Waals surface area (Å²) in [6, 6.07) is 11.2. The number of para-hydroxylation sites is 1. The molecule has 0 radical (unpaired) electrons. The molecule has 0 aliphatic carbocycles. The van der Waals surface area contributed by atoms with Crippen LogP contribution in [0.15, 0.2) is 55.0 Å². The molecule has 26 heavy (non-hydrogen) atoms. The first-order valence-corrected chi connectivity index (χ1v) is 8.65. The number of carboxylic acids is 1. The number of hydrogen-bond donors (Lipinski definition) is 1. The molecule has 1 aromatic carbocycles. The first kappa shape index (κ1) is 16.3. The third-order valence-electron chi connectivity index (χ3n) is 4.99. The predicted molar refractivity (Wildman–Crippen MR) is 96.8 cm³/mol. The SMILES string of the molecule is O=C(O)c1cn(CC(=O)N2CCCC2c2ccncc2)c2ccccc12. The predicted octanol–water partition coefficient (Wildman–Crippen LogP) is 3.10. The summed E-state index contributed by atoms with van der Waals surface area (Å²) in [5.74, 6) is -0.981. The van der Waals surface area contributed by atoms with Gasteiger partial charge in [0, 0.05) is 36.0 Å². The highest BCUT2D eigenvalue weighted by molar-refractivity contribution is 6.03. The highest BCUT2D eigenvalue weighted by Crippen LogP contribution is 2.32. The van der Waals surface area contributed by atoms with Crippen molar-refractivity contribution in [1.29, 1.82) is 0 Å². The fourth-order valence-electron chi connectivity index (χ4n) is 3.78. The smallest absolute Gasteiger partial charge is 0.337 e. The zero-order chi connectivity index (χ0) is 18.1. The van der Waals surface area contributed by atoms with Gasteiger partial charge in [-0.05, 0) is 36.6 Å². The fraction of sp³-hybridized carbons (Fsp3) is 0.250. The maximum absolute atomic E-state index is 13.0. The molecule has 0 bridgehead atoms. The Bertz CT molecular complexity index is 965. The second-order valence-corrected chi connectivity index (χ2v) is 6.52. The standard InChI is InChI=1S/C20H19N3O3/c24-19(23-11-3-6-17(23)14-7-9-21-10-8-14)13-22-12-16(20(25)26)15-4-1-2-5-18(15)22/h1-2,4-5,7-10,12,17H,3,6,11,13H2,(H,25,26). The van der Waals surface area contributed by atoms with Gasteiger partial charge in [0.2, 0.25) is 5.91 Å². The molecule has 4 rings (SSSR count). The molecule has 1 atom stereocenters. The topological polar surface area (TPSA) is 75.4 Å². The molecular weight excluding hydrogens is 330 g/mol. The van der Waals surface area contributed by atoms with Gasteiger partial charge < -0.3 is 14.6 Å². The van der Waals surface area contributed by atoms with Gasteiger partial charge in [-0.2, -0.15) is 0 Å². The lowest BCUT2D eigenvalue weighted by atomic mass is 10.1. The van der Waals surface area contributed by atoms with Gasteiger partial charge in [0.1, 0.15) is 6.54 Å². The molecule has 1 saturated heterocycles. The van der Waals surface area contributed by atoms with E-state index in [-0.39, 0.29) is 24.1 Å². The molecule has 132 valence electrons. The molecule has 0 spiro atoms. The average molecular weight is 349 g/mol. The summed E-state index contributed by atoms with van der Waals surface area (Å²) in [4.78, 5) is 30.4. The van der Waals surface area contributed by atoms with Crippen molar-refractivity contribution >= 4 is 22.8 Å². The number of carbonyl (C=O) groups excluding carboxylic acids is 1. The van der Waals surface area contributed by atoms with E-state index in [2.05, 4.69) is 4.98 Å². The van der Waals surface area contributed by atoms with Crippen molar-refractivity contribution < 1.29 is 14.7 Å². The van der Waals surface area contributed by atoms with Crippen LogP contribution < -0.4 is 0 Å². The van der Waals surface area contributed by atoms with Gasteiger partial charge >= 0.3 is 5.97 Å². The largest absolute Gasteiger partial charge is 0.478 e. The Kier molecular flexibility index (Phi) is 4.16. The van der Waals surface area contributed by atoms with Crippen LogP contribution in [0.3, 0.4) is 0 Å². The molecule has 1 N–H and O–H groups in total. The quantitative estimate of drug-likeness (QED) is 0.785. The Balaban J connectivity index is 1.62. The van der Waals surface area contributed by atoms with Crippen LogP contribution in [0.25, 0.3) is 10.9 Å². The lowest BCUT2D eigenvalue weighted by Gasteiger charge is -2.25. The first-order chi connectivity index (χ1) is 12.6. The van der Waals surface area contributed by atoms with Crippen LogP contribution in [-0.2, 0) is 11.3 Å². The van der Waals surface area contributed by atoms with E-state index in [0.29, 0.717) is 5.39 Å². The maximum atomic E-state index is 13.0. The number of fused-ring (bicyclic) bond motifs is 1. The highest BCUT2D eigenvalue weighted by Gasteiger charge is 2.30. The molecular formula is C20H19N3O3. The summed E-state index contributed by atoms with van der Waals surface area (Å²) in [6.07, 6.45) is 6.94. The summed E-state index contributed by atoms with van der Waals surface area (Å²) in [5, 5.41) is 10.1. The minimum Gasteiger partial charge on any atom is -0.478 e. The molecule has 1 aliphatic heterocycles. The molecule has 2 aromatic heterocycles. The van der Waals surface area contributed by atoms with Crippen molar-refractivity contribution in [1.82, 2.24) is 14.5 Å². The van der Waals surface area contributed by atoms with E-state index in [0.717, 1.165) is 30.5 Å². The third kappa shape index (κ3) is 2.83. The summed E-state index contributed by atoms with van der Waals surface area (Å²) >= 11 is 0. The normalized spacial score (nSPS) is 16.9. The summed E-state index contributed by atoms with van der Waals surface area (Å²) in [5.41, 5.74) is 2.08. The van der Waals surface area contributed by atoms with Crippen molar-refractivity contribution in [2.24, 2.45) is 0 Å². The Hall–Kier alpha value is -3.15. The van der Waals surface area contributed by atoms with Crippen molar-refractivity contribution in [3.05, 3.63) is 66.1 Å². The first-order valence-electron chi connectivity index (χ1n) is 8.65. The zero-order valence-corrected chi connectivity index (χ0v) is 14.2. The van der Waals surface area contributed by atoms with Crippen LogP contribution in [-0.4, -0.2) is 38.0 Å².